The normalized spacial score (nSPS) is 15.3. The molecule has 0 unspecified atom stereocenters. The van der Waals surface area contributed by atoms with Crippen LogP contribution in [0.15, 0.2) is 30.6 Å². The summed E-state index contributed by atoms with van der Waals surface area (Å²) in [5.74, 6) is 1.47. The average Bonchev–Trinajstić information content (AvgIpc) is 2.61. The van der Waals surface area contributed by atoms with Crippen LogP contribution in [0.5, 0.6) is 0 Å². The van der Waals surface area contributed by atoms with E-state index in [1.807, 2.05) is 25.1 Å². The van der Waals surface area contributed by atoms with Gasteiger partial charge in [-0.1, -0.05) is 6.07 Å². The average molecular weight is 327 g/mol. The standard InChI is InChI=1S/C17H21N5O2/c1-12-3-2-4-15(19-12)21-16-10-18-9-14(20-16)13-5-7-22(8-6-13)17(24)11-23/h2-4,9-10,13,23H,5-8,11H2,1H3,(H,19,20,21). The molecule has 1 aliphatic rings. The molecule has 7 nitrogen and oxygen atoms in total. The van der Waals surface area contributed by atoms with Crippen molar-refractivity contribution in [3.8, 4) is 0 Å². The van der Waals surface area contributed by atoms with E-state index in [-0.39, 0.29) is 11.8 Å². The van der Waals surface area contributed by atoms with Crippen molar-refractivity contribution in [2.75, 3.05) is 25.0 Å². The van der Waals surface area contributed by atoms with Crippen molar-refractivity contribution in [1.82, 2.24) is 19.9 Å². The molecule has 0 aromatic carbocycles. The van der Waals surface area contributed by atoms with Crippen molar-refractivity contribution in [3.05, 3.63) is 42.0 Å². The second-order valence-electron chi connectivity index (χ2n) is 5.93. The quantitative estimate of drug-likeness (QED) is 0.887. The number of aliphatic hydroxyl groups is 1. The number of nitrogens with zero attached hydrogens (tertiary/aromatic N) is 4. The molecule has 0 spiro atoms. The number of piperidine rings is 1. The van der Waals surface area contributed by atoms with Gasteiger partial charge in [0.15, 0.2) is 0 Å². The molecule has 3 heterocycles. The van der Waals surface area contributed by atoms with Crippen molar-refractivity contribution in [1.29, 1.82) is 0 Å². The summed E-state index contributed by atoms with van der Waals surface area (Å²) in [5.41, 5.74) is 1.86. The Labute approximate surface area is 140 Å². The Morgan fingerprint density at radius 1 is 1.25 bits per heavy atom. The molecule has 0 radical (unpaired) electrons. The molecule has 0 bridgehead atoms. The van der Waals surface area contributed by atoms with E-state index >= 15 is 0 Å². The van der Waals surface area contributed by atoms with Crippen LogP contribution in [0.25, 0.3) is 0 Å². The molecule has 1 fully saturated rings. The third kappa shape index (κ3) is 3.86. The molecule has 2 aromatic heterocycles. The summed E-state index contributed by atoms with van der Waals surface area (Å²) >= 11 is 0. The highest BCUT2D eigenvalue weighted by Crippen LogP contribution is 2.27. The number of hydrogen-bond acceptors (Lipinski definition) is 6. The van der Waals surface area contributed by atoms with E-state index in [1.54, 1.807) is 17.3 Å². The molecular weight excluding hydrogens is 306 g/mol. The molecule has 3 rings (SSSR count). The second kappa shape index (κ2) is 7.35. The number of rotatable bonds is 4. The Morgan fingerprint density at radius 3 is 2.75 bits per heavy atom. The van der Waals surface area contributed by atoms with E-state index < -0.39 is 6.61 Å². The third-order valence-corrected chi connectivity index (χ3v) is 4.20. The number of carbonyl (C=O) groups excluding carboxylic acids is 1. The first-order valence-electron chi connectivity index (χ1n) is 8.07. The number of pyridine rings is 1. The van der Waals surface area contributed by atoms with Crippen LogP contribution >= 0.6 is 0 Å². The van der Waals surface area contributed by atoms with Gasteiger partial charge in [-0.05, 0) is 31.9 Å². The van der Waals surface area contributed by atoms with Gasteiger partial charge in [-0.2, -0.15) is 0 Å². The van der Waals surface area contributed by atoms with Crippen LogP contribution in [0.4, 0.5) is 11.6 Å². The second-order valence-corrected chi connectivity index (χ2v) is 5.93. The molecule has 2 N–H and O–H groups in total. The number of nitrogens with one attached hydrogen (secondary N) is 1. The van der Waals surface area contributed by atoms with E-state index in [2.05, 4.69) is 20.3 Å². The van der Waals surface area contributed by atoms with E-state index in [0.717, 1.165) is 30.0 Å². The van der Waals surface area contributed by atoms with Gasteiger partial charge in [0, 0.05) is 30.9 Å². The van der Waals surface area contributed by atoms with E-state index in [9.17, 15) is 4.79 Å². The number of aromatic nitrogens is 3. The van der Waals surface area contributed by atoms with Crippen LogP contribution in [0.3, 0.4) is 0 Å². The highest BCUT2D eigenvalue weighted by molar-refractivity contribution is 5.77. The summed E-state index contributed by atoms with van der Waals surface area (Å²) in [4.78, 5) is 26.5. The first kappa shape index (κ1) is 16.3. The van der Waals surface area contributed by atoms with Gasteiger partial charge in [0.2, 0.25) is 5.91 Å². The van der Waals surface area contributed by atoms with Gasteiger partial charge < -0.3 is 15.3 Å². The lowest BCUT2D eigenvalue weighted by Crippen LogP contribution is -2.39. The number of hydrogen-bond donors (Lipinski definition) is 2. The summed E-state index contributed by atoms with van der Waals surface area (Å²) in [7, 11) is 0. The minimum absolute atomic E-state index is 0.208. The van der Waals surface area contributed by atoms with E-state index in [4.69, 9.17) is 5.11 Å². The molecule has 0 atom stereocenters. The monoisotopic (exact) mass is 327 g/mol. The zero-order valence-corrected chi connectivity index (χ0v) is 13.6. The fourth-order valence-corrected chi connectivity index (χ4v) is 2.91. The Balaban J connectivity index is 1.67. The van der Waals surface area contributed by atoms with Gasteiger partial charge in [-0.25, -0.2) is 9.97 Å². The lowest BCUT2D eigenvalue weighted by Gasteiger charge is -2.31. The molecular formula is C17H21N5O2. The number of aryl methyl sites for hydroxylation is 1. The Morgan fingerprint density at radius 2 is 2.04 bits per heavy atom. The zero-order chi connectivity index (χ0) is 16.9. The van der Waals surface area contributed by atoms with Gasteiger partial charge in [0.25, 0.3) is 0 Å². The van der Waals surface area contributed by atoms with Gasteiger partial charge in [0.05, 0.1) is 11.9 Å². The maximum atomic E-state index is 11.5. The first-order chi connectivity index (χ1) is 11.7. The fourth-order valence-electron chi connectivity index (χ4n) is 2.91. The largest absolute Gasteiger partial charge is 0.387 e. The van der Waals surface area contributed by atoms with E-state index in [0.29, 0.717) is 18.9 Å². The summed E-state index contributed by atoms with van der Waals surface area (Å²) < 4.78 is 0. The highest BCUT2D eigenvalue weighted by atomic mass is 16.3. The van der Waals surface area contributed by atoms with Crippen LogP contribution in [-0.2, 0) is 4.79 Å². The number of aliphatic hydroxyl groups excluding tert-OH is 1. The molecule has 0 aliphatic carbocycles. The van der Waals surface area contributed by atoms with Crippen LogP contribution in [0, 0.1) is 6.92 Å². The predicted octanol–water partition coefficient (Wildman–Crippen LogP) is 1.62. The Kier molecular flexibility index (Phi) is 5.00. The van der Waals surface area contributed by atoms with Crippen LogP contribution in [-0.4, -0.2) is 50.6 Å². The van der Waals surface area contributed by atoms with Crippen molar-refractivity contribution in [3.63, 3.8) is 0 Å². The predicted molar refractivity (Wildman–Crippen MR) is 89.9 cm³/mol. The molecule has 0 saturated carbocycles. The Bertz CT molecular complexity index is 714. The summed E-state index contributed by atoms with van der Waals surface area (Å²) in [6, 6.07) is 5.77. The van der Waals surface area contributed by atoms with Crippen LogP contribution in [0.2, 0.25) is 0 Å². The molecule has 1 amide bonds. The maximum Gasteiger partial charge on any atom is 0.248 e. The third-order valence-electron chi connectivity index (χ3n) is 4.20. The van der Waals surface area contributed by atoms with E-state index in [1.165, 1.54) is 0 Å². The number of anilines is 2. The van der Waals surface area contributed by atoms with Gasteiger partial charge in [0.1, 0.15) is 18.2 Å². The minimum Gasteiger partial charge on any atom is -0.387 e. The lowest BCUT2D eigenvalue weighted by molar-refractivity contribution is -0.135. The topological polar surface area (TPSA) is 91.2 Å². The number of amides is 1. The molecule has 126 valence electrons. The summed E-state index contributed by atoms with van der Waals surface area (Å²) in [6.07, 6.45) is 5.11. The maximum absolute atomic E-state index is 11.5. The smallest absolute Gasteiger partial charge is 0.248 e. The van der Waals surface area contributed by atoms with Crippen molar-refractivity contribution < 1.29 is 9.90 Å². The molecule has 7 heteroatoms. The van der Waals surface area contributed by atoms with Gasteiger partial charge in [-0.3, -0.25) is 9.78 Å². The van der Waals surface area contributed by atoms with Crippen molar-refractivity contribution in [2.24, 2.45) is 0 Å². The molecule has 1 aliphatic heterocycles. The van der Waals surface area contributed by atoms with Crippen LogP contribution in [0.1, 0.15) is 30.1 Å². The minimum atomic E-state index is -0.423. The molecule has 24 heavy (non-hydrogen) atoms. The summed E-state index contributed by atoms with van der Waals surface area (Å²) in [6.45, 7) is 2.80. The molecule has 1 saturated heterocycles. The Hall–Kier alpha value is -2.54. The SMILES string of the molecule is Cc1cccc(Nc2cncc(C3CCN(C(=O)CO)CC3)n2)n1. The van der Waals surface area contributed by atoms with Gasteiger partial charge in [-0.15, -0.1) is 0 Å². The zero-order valence-electron chi connectivity index (χ0n) is 13.6. The highest BCUT2D eigenvalue weighted by Gasteiger charge is 2.24. The molecule has 2 aromatic rings. The first-order valence-corrected chi connectivity index (χ1v) is 8.07. The summed E-state index contributed by atoms with van der Waals surface area (Å²) in [5, 5.41) is 12.1. The lowest BCUT2D eigenvalue weighted by atomic mass is 9.94. The van der Waals surface area contributed by atoms with Gasteiger partial charge >= 0.3 is 0 Å². The number of carbonyl (C=O) groups is 1. The van der Waals surface area contributed by atoms with Crippen LogP contribution < -0.4 is 5.32 Å². The number of likely N-dealkylation sites (tertiary alicyclic amines) is 1. The van der Waals surface area contributed by atoms with Crippen molar-refractivity contribution >= 4 is 17.5 Å². The van der Waals surface area contributed by atoms with Crippen molar-refractivity contribution in [2.45, 2.75) is 25.7 Å². The fraction of sp³-hybridized carbons (Fsp3) is 0.412.